The van der Waals surface area contributed by atoms with Gasteiger partial charge < -0.3 is 24.3 Å². The Morgan fingerprint density at radius 3 is 2.74 bits per heavy atom. The van der Waals surface area contributed by atoms with E-state index in [1.807, 2.05) is 36.4 Å². The molecule has 0 saturated carbocycles. The first kappa shape index (κ1) is 19.5. The van der Waals surface area contributed by atoms with Gasteiger partial charge in [0.25, 0.3) is 5.56 Å². The van der Waals surface area contributed by atoms with E-state index in [2.05, 4.69) is 33.1 Å². The fraction of sp³-hybridized carbons (Fsp3) is 0.240. The summed E-state index contributed by atoms with van der Waals surface area (Å²) in [5, 5.41) is 4.59. The van der Waals surface area contributed by atoms with Crippen molar-refractivity contribution in [2.75, 3.05) is 20.2 Å². The number of hydrogen-bond donors (Lipinski definition) is 2. The summed E-state index contributed by atoms with van der Waals surface area (Å²) >= 11 is 0. The Morgan fingerprint density at radius 2 is 1.90 bits per heavy atom. The molecule has 5 rings (SSSR count). The van der Waals surface area contributed by atoms with Crippen molar-refractivity contribution in [1.29, 1.82) is 0 Å². The number of nitrogens with one attached hydrogen (secondary N) is 2. The van der Waals surface area contributed by atoms with Crippen molar-refractivity contribution < 1.29 is 9.47 Å². The van der Waals surface area contributed by atoms with Crippen molar-refractivity contribution in [3.63, 3.8) is 0 Å². The minimum Gasteiger partial charge on any atom is -0.497 e. The van der Waals surface area contributed by atoms with Crippen LogP contribution in [0.4, 0.5) is 0 Å². The average molecular weight is 415 g/mol. The summed E-state index contributed by atoms with van der Waals surface area (Å²) in [5.41, 5.74) is 4.80. The lowest BCUT2D eigenvalue weighted by molar-refractivity contribution is 0.306. The molecule has 2 aromatic carbocycles. The Balaban J connectivity index is 1.48. The van der Waals surface area contributed by atoms with Crippen LogP contribution in [-0.4, -0.2) is 29.8 Å². The Labute approximate surface area is 180 Å². The van der Waals surface area contributed by atoms with Crippen LogP contribution < -0.4 is 20.3 Å². The summed E-state index contributed by atoms with van der Waals surface area (Å²) in [6, 6.07) is 18.0. The number of aromatic amines is 1. The molecule has 1 aliphatic rings. The maximum absolute atomic E-state index is 12.7. The van der Waals surface area contributed by atoms with E-state index in [4.69, 9.17) is 9.47 Å². The highest BCUT2D eigenvalue weighted by molar-refractivity contribution is 5.87. The molecule has 0 atom stereocenters. The quantitative estimate of drug-likeness (QED) is 0.521. The van der Waals surface area contributed by atoms with Gasteiger partial charge in [0.05, 0.1) is 12.7 Å². The van der Waals surface area contributed by atoms with E-state index in [0.717, 1.165) is 48.3 Å². The topological polar surface area (TPSA) is 68.3 Å². The molecule has 3 heterocycles. The molecule has 2 N–H and O–H groups in total. The van der Waals surface area contributed by atoms with E-state index in [9.17, 15) is 4.79 Å². The van der Waals surface area contributed by atoms with Gasteiger partial charge in [0.2, 0.25) is 0 Å². The molecule has 0 spiro atoms. The zero-order valence-corrected chi connectivity index (χ0v) is 17.5. The van der Waals surface area contributed by atoms with Crippen LogP contribution in [0.15, 0.2) is 65.6 Å². The summed E-state index contributed by atoms with van der Waals surface area (Å²) in [6.45, 7) is 3.29. The van der Waals surface area contributed by atoms with Gasteiger partial charge in [-0.1, -0.05) is 18.2 Å². The number of nitrogens with zero attached hydrogens (tertiary/aromatic N) is 1. The van der Waals surface area contributed by atoms with Crippen LogP contribution in [0.3, 0.4) is 0 Å². The molecule has 6 heteroatoms. The maximum atomic E-state index is 12.7. The average Bonchev–Trinajstić information content (AvgIpc) is 2.97. The van der Waals surface area contributed by atoms with Crippen LogP contribution >= 0.6 is 0 Å². The first-order valence-corrected chi connectivity index (χ1v) is 10.5. The van der Waals surface area contributed by atoms with E-state index in [1.165, 1.54) is 11.2 Å². The van der Waals surface area contributed by atoms with Crippen molar-refractivity contribution >= 4 is 10.9 Å². The molecule has 0 aliphatic carbocycles. The highest BCUT2D eigenvalue weighted by Crippen LogP contribution is 2.31. The van der Waals surface area contributed by atoms with Gasteiger partial charge in [-0.3, -0.25) is 4.79 Å². The number of methoxy groups -OCH3 is 1. The molecule has 0 amide bonds. The number of H-pyrrole nitrogens is 1. The highest BCUT2D eigenvalue weighted by Gasteiger charge is 2.15. The summed E-state index contributed by atoms with van der Waals surface area (Å²) in [6.07, 6.45) is 2.63. The molecular weight excluding hydrogens is 390 g/mol. The molecule has 0 saturated heterocycles. The fourth-order valence-electron chi connectivity index (χ4n) is 4.22. The number of rotatable bonds is 5. The molecule has 158 valence electrons. The second kappa shape index (κ2) is 8.32. The minimum atomic E-state index is -0.156. The third-order valence-corrected chi connectivity index (χ3v) is 5.82. The predicted octanol–water partition coefficient (Wildman–Crippen LogP) is 3.73. The molecule has 31 heavy (non-hydrogen) atoms. The zero-order chi connectivity index (χ0) is 21.2. The third-order valence-electron chi connectivity index (χ3n) is 5.82. The summed E-state index contributed by atoms with van der Waals surface area (Å²) < 4.78 is 13.6. The van der Waals surface area contributed by atoms with Crippen LogP contribution in [0, 0.1) is 0 Å². The summed E-state index contributed by atoms with van der Waals surface area (Å²) in [4.78, 5) is 15.5. The number of benzene rings is 2. The SMILES string of the molecule is COc1ccc(COc2cc[nH]c(=O)c2-c2ccc3c(c2)cc2n3CCNCC2)cc1. The van der Waals surface area contributed by atoms with Crippen molar-refractivity contribution in [1.82, 2.24) is 14.9 Å². The van der Waals surface area contributed by atoms with E-state index >= 15 is 0 Å². The van der Waals surface area contributed by atoms with E-state index in [-0.39, 0.29) is 5.56 Å². The standard InChI is InChI=1S/C25H25N3O3/c1-30-21-5-2-17(3-6-21)16-31-23-9-11-27-25(29)24(23)18-4-7-22-19(14-18)15-20-8-10-26-12-13-28(20)22/h2-7,9,11,14-15,26H,8,10,12-13,16H2,1H3,(H,27,29). The van der Waals surface area contributed by atoms with Gasteiger partial charge in [-0.25, -0.2) is 0 Å². The number of pyridine rings is 1. The van der Waals surface area contributed by atoms with Gasteiger partial charge in [0.1, 0.15) is 18.1 Å². The second-order valence-electron chi connectivity index (χ2n) is 7.74. The molecule has 0 fully saturated rings. The zero-order valence-electron chi connectivity index (χ0n) is 17.5. The molecule has 4 aromatic rings. The van der Waals surface area contributed by atoms with Gasteiger partial charge in [-0.2, -0.15) is 0 Å². The lowest BCUT2D eigenvalue weighted by Crippen LogP contribution is -2.17. The summed E-state index contributed by atoms with van der Waals surface area (Å²) in [7, 11) is 1.64. The van der Waals surface area contributed by atoms with Gasteiger partial charge in [-0.15, -0.1) is 0 Å². The van der Waals surface area contributed by atoms with Crippen molar-refractivity contribution in [3.05, 3.63) is 82.4 Å². The molecule has 0 bridgehead atoms. The molecule has 0 unspecified atom stereocenters. The van der Waals surface area contributed by atoms with Crippen LogP contribution in [0.25, 0.3) is 22.0 Å². The van der Waals surface area contributed by atoms with Crippen molar-refractivity contribution in [3.8, 4) is 22.6 Å². The number of hydrogen-bond acceptors (Lipinski definition) is 4. The van der Waals surface area contributed by atoms with Crippen LogP contribution in [0.2, 0.25) is 0 Å². The van der Waals surface area contributed by atoms with Gasteiger partial charge >= 0.3 is 0 Å². The molecular formula is C25H25N3O3. The maximum Gasteiger partial charge on any atom is 0.259 e. The smallest absolute Gasteiger partial charge is 0.259 e. The Morgan fingerprint density at radius 1 is 1.03 bits per heavy atom. The first-order chi connectivity index (χ1) is 15.2. The molecule has 1 aliphatic heterocycles. The Hall–Kier alpha value is -3.51. The number of fused-ring (bicyclic) bond motifs is 3. The lowest BCUT2D eigenvalue weighted by atomic mass is 10.0. The number of aromatic nitrogens is 2. The monoisotopic (exact) mass is 415 g/mol. The second-order valence-corrected chi connectivity index (χ2v) is 7.74. The number of ether oxygens (including phenoxy) is 2. The van der Waals surface area contributed by atoms with Gasteiger partial charge in [-0.05, 0) is 47.5 Å². The lowest BCUT2D eigenvalue weighted by Gasteiger charge is -2.12. The Kier molecular flexibility index (Phi) is 5.22. The van der Waals surface area contributed by atoms with Crippen LogP contribution in [0.1, 0.15) is 11.3 Å². The summed E-state index contributed by atoms with van der Waals surface area (Å²) in [5.74, 6) is 1.37. The van der Waals surface area contributed by atoms with Gasteiger partial charge in [0, 0.05) is 48.8 Å². The van der Waals surface area contributed by atoms with E-state index < -0.39 is 0 Å². The van der Waals surface area contributed by atoms with E-state index in [0.29, 0.717) is 17.9 Å². The van der Waals surface area contributed by atoms with Gasteiger partial charge in [0.15, 0.2) is 0 Å². The largest absolute Gasteiger partial charge is 0.497 e. The third kappa shape index (κ3) is 3.82. The normalized spacial score (nSPS) is 13.6. The fourth-order valence-corrected chi connectivity index (χ4v) is 4.22. The van der Waals surface area contributed by atoms with Crippen molar-refractivity contribution in [2.45, 2.75) is 19.6 Å². The highest BCUT2D eigenvalue weighted by atomic mass is 16.5. The predicted molar refractivity (Wildman–Crippen MR) is 122 cm³/mol. The molecule has 0 radical (unpaired) electrons. The molecule has 6 nitrogen and oxygen atoms in total. The Bertz CT molecular complexity index is 1270. The minimum absolute atomic E-state index is 0.156. The first-order valence-electron chi connectivity index (χ1n) is 10.5. The molecule has 2 aromatic heterocycles. The van der Waals surface area contributed by atoms with Crippen LogP contribution in [-0.2, 0) is 19.6 Å². The van der Waals surface area contributed by atoms with Crippen LogP contribution in [0.5, 0.6) is 11.5 Å². The van der Waals surface area contributed by atoms with E-state index in [1.54, 1.807) is 13.3 Å². The van der Waals surface area contributed by atoms with Crippen molar-refractivity contribution in [2.24, 2.45) is 0 Å².